The van der Waals surface area contributed by atoms with Crippen LogP contribution in [0.2, 0.25) is 0 Å². The smallest absolute Gasteiger partial charge is 0.293 e. The van der Waals surface area contributed by atoms with E-state index in [0.29, 0.717) is 22.0 Å². The van der Waals surface area contributed by atoms with Crippen molar-refractivity contribution >= 4 is 50.7 Å². The molecule has 2 N–H and O–H groups in total. The van der Waals surface area contributed by atoms with Gasteiger partial charge in [-0.25, -0.2) is 9.37 Å². The van der Waals surface area contributed by atoms with E-state index in [1.54, 1.807) is 23.6 Å². The Labute approximate surface area is 174 Å². The Morgan fingerprint density at radius 1 is 1.24 bits per heavy atom. The van der Waals surface area contributed by atoms with E-state index in [1.165, 1.54) is 30.6 Å². The first-order valence-electron chi connectivity index (χ1n) is 8.44. The molecular formula is C20H14FN3O3S2. The van der Waals surface area contributed by atoms with Gasteiger partial charge in [-0.15, -0.1) is 11.3 Å². The third kappa shape index (κ3) is 4.10. The fourth-order valence-corrected chi connectivity index (χ4v) is 3.65. The molecule has 0 saturated carbocycles. The number of carbonyl (C=O) groups excluding carboxylic acids is 1. The van der Waals surface area contributed by atoms with Crippen LogP contribution in [-0.2, 0) is 0 Å². The monoisotopic (exact) mass is 427 g/mol. The van der Waals surface area contributed by atoms with Gasteiger partial charge < -0.3 is 14.5 Å². The first kappa shape index (κ1) is 19.0. The Balaban J connectivity index is 1.42. The summed E-state index contributed by atoms with van der Waals surface area (Å²) in [5.74, 6) is -0.616. The van der Waals surface area contributed by atoms with Crippen molar-refractivity contribution in [1.29, 1.82) is 0 Å². The molecular weight excluding hydrogens is 413 g/mol. The van der Waals surface area contributed by atoms with Crippen LogP contribution >= 0.6 is 23.6 Å². The zero-order chi connectivity index (χ0) is 20.4. The average molecular weight is 427 g/mol. The van der Waals surface area contributed by atoms with Crippen LogP contribution < -0.4 is 15.4 Å². The maximum Gasteiger partial charge on any atom is 0.293 e. The maximum absolute atomic E-state index is 13.9. The molecule has 4 aromatic rings. The summed E-state index contributed by atoms with van der Waals surface area (Å²) in [6.07, 6.45) is 0. The minimum absolute atomic E-state index is 0.0808. The zero-order valence-corrected chi connectivity index (χ0v) is 16.7. The number of furan rings is 1. The summed E-state index contributed by atoms with van der Waals surface area (Å²) in [6.45, 7) is 0. The summed E-state index contributed by atoms with van der Waals surface area (Å²) in [5.41, 5.74) is 1.79. The van der Waals surface area contributed by atoms with Crippen molar-refractivity contribution in [3.63, 3.8) is 0 Å². The Bertz CT molecular complexity index is 1190. The number of carbonyl (C=O) groups is 1. The second-order valence-corrected chi connectivity index (χ2v) is 7.21. The maximum atomic E-state index is 13.9. The van der Waals surface area contributed by atoms with E-state index in [9.17, 15) is 9.18 Å². The number of anilines is 1. The fourth-order valence-electron chi connectivity index (χ4n) is 2.68. The van der Waals surface area contributed by atoms with Crippen molar-refractivity contribution in [3.05, 3.63) is 65.5 Å². The van der Waals surface area contributed by atoms with Gasteiger partial charge in [0.25, 0.3) is 5.91 Å². The van der Waals surface area contributed by atoms with Gasteiger partial charge in [-0.3, -0.25) is 10.1 Å². The highest BCUT2D eigenvalue weighted by atomic mass is 32.1. The van der Waals surface area contributed by atoms with Gasteiger partial charge in [-0.1, -0.05) is 18.2 Å². The molecule has 4 rings (SSSR count). The zero-order valence-electron chi connectivity index (χ0n) is 15.1. The van der Waals surface area contributed by atoms with Crippen LogP contribution in [0.1, 0.15) is 10.6 Å². The summed E-state index contributed by atoms with van der Waals surface area (Å²) in [7, 11) is 1.41. The predicted molar refractivity (Wildman–Crippen MR) is 114 cm³/mol. The Morgan fingerprint density at radius 3 is 2.83 bits per heavy atom. The Kier molecular flexibility index (Phi) is 5.24. The van der Waals surface area contributed by atoms with Crippen LogP contribution in [0.25, 0.3) is 22.2 Å². The number of hydrogen-bond acceptors (Lipinski definition) is 6. The van der Waals surface area contributed by atoms with Gasteiger partial charge in [-0.05, 0) is 42.5 Å². The lowest BCUT2D eigenvalue weighted by atomic mass is 10.1. The van der Waals surface area contributed by atoms with E-state index in [4.69, 9.17) is 21.4 Å². The highest BCUT2D eigenvalue weighted by Gasteiger charge is 2.15. The molecule has 29 heavy (non-hydrogen) atoms. The van der Waals surface area contributed by atoms with Gasteiger partial charge >= 0.3 is 0 Å². The number of rotatable bonds is 4. The highest BCUT2D eigenvalue weighted by molar-refractivity contribution is 7.80. The SMILES string of the molecule is COc1ccc(-c2csc(NC(=S)NC(=O)c3cc4ccccc4o3)n2)cc1F. The topological polar surface area (TPSA) is 76.4 Å². The molecule has 0 bridgehead atoms. The van der Waals surface area contributed by atoms with Crippen molar-refractivity contribution in [2.45, 2.75) is 0 Å². The van der Waals surface area contributed by atoms with Gasteiger partial charge in [0.2, 0.25) is 0 Å². The number of ether oxygens (including phenoxy) is 1. The quantitative estimate of drug-likeness (QED) is 0.454. The van der Waals surface area contributed by atoms with E-state index in [-0.39, 0.29) is 16.6 Å². The number of amides is 1. The molecule has 2 aromatic carbocycles. The van der Waals surface area contributed by atoms with Crippen molar-refractivity contribution < 1.29 is 18.3 Å². The number of hydrogen-bond donors (Lipinski definition) is 2. The molecule has 0 aliphatic carbocycles. The molecule has 0 saturated heterocycles. The molecule has 6 nitrogen and oxygen atoms in total. The van der Waals surface area contributed by atoms with E-state index in [1.807, 2.05) is 18.2 Å². The Hall–Kier alpha value is -3.30. The molecule has 2 aromatic heterocycles. The standard InChI is InChI=1S/C20H14FN3O3S2/c1-26-16-7-6-11(8-13(16)21)14-10-29-20(22-14)24-19(28)23-18(25)17-9-12-4-2-3-5-15(12)27-17/h2-10H,1H3,(H2,22,23,24,25,28). The molecule has 0 spiro atoms. The van der Waals surface area contributed by atoms with Crippen LogP contribution in [0.4, 0.5) is 9.52 Å². The van der Waals surface area contributed by atoms with E-state index in [0.717, 1.165) is 5.39 Å². The number of fused-ring (bicyclic) bond motifs is 1. The largest absolute Gasteiger partial charge is 0.494 e. The van der Waals surface area contributed by atoms with Crippen molar-refractivity contribution in [2.24, 2.45) is 0 Å². The summed E-state index contributed by atoms with van der Waals surface area (Å²) in [5, 5.41) is 8.54. The summed E-state index contributed by atoms with van der Waals surface area (Å²) >= 11 is 6.46. The van der Waals surface area contributed by atoms with Crippen molar-refractivity contribution in [3.8, 4) is 17.0 Å². The highest BCUT2D eigenvalue weighted by Crippen LogP contribution is 2.28. The number of aromatic nitrogens is 1. The molecule has 1 amide bonds. The van der Waals surface area contributed by atoms with Gasteiger partial charge in [0.05, 0.1) is 12.8 Å². The van der Waals surface area contributed by atoms with Gasteiger partial charge in [0.1, 0.15) is 5.58 Å². The number of halogens is 1. The van der Waals surface area contributed by atoms with Crippen LogP contribution in [0.5, 0.6) is 5.75 Å². The molecule has 146 valence electrons. The number of para-hydroxylation sites is 1. The van der Waals surface area contributed by atoms with Crippen LogP contribution in [-0.4, -0.2) is 23.1 Å². The first-order chi connectivity index (χ1) is 14.0. The number of methoxy groups -OCH3 is 1. The predicted octanol–water partition coefficient (Wildman–Crippen LogP) is 4.83. The molecule has 2 heterocycles. The molecule has 0 atom stereocenters. The first-order valence-corrected chi connectivity index (χ1v) is 9.72. The van der Waals surface area contributed by atoms with Gasteiger partial charge in [-0.2, -0.15) is 0 Å². The number of benzene rings is 2. The molecule has 0 radical (unpaired) electrons. The average Bonchev–Trinajstić information content (AvgIpc) is 3.34. The number of nitrogens with zero attached hydrogens (tertiary/aromatic N) is 1. The molecule has 0 fully saturated rings. The molecule has 0 aliphatic heterocycles. The summed E-state index contributed by atoms with van der Waals surface area (Å²) < 4.78 is 24.3. The third-order valence-corrected chi connectivity index (χ3v) is 5.01. The van der Waals surface area contributed by atoms with E-state index >= 15 is 0 Å². The molecule has 0 unspecified atom stereocenters. The van der Waals surface area contributed by atoms with Crippen LogP contribution in [0.15, 0.2) is 58.3 Å². The van der Waals surface area contributed by atoms with Crippen LogP contribution in [0.3, 0.4) is 0 Å². The second kappa shape index (κ2) is 7.98. The lowest BCUT2D eigenvalue weighted by Crippen LogP contribution is -2.33. The molecule has 0 aliphatic rings. The van der Waals surface area contributed by atoms with E-state index < -0.39 is 11.7 Å². The minimum Gasteiger partial charge on any atom is -0.494 e. The van der Waals surface area contributed by atoms with Crippen LogP contribution in [0, 0.1) is 5.82 Å². The van der Waals surface area contributed by atoms with E-state index in [2.05, 4.69) is 15.6 Å². The summed E-state index contributed by atoms with van der Waals surface area (Å²) in [6, 6.07) is 13.6. The number of thiocarbonyl (C=S) groups is 1. The summed E-state index contributed by atoms with van der Waals surface area (Å²) in [4.78, 5) is 16.7. The lowest BCUT2D eigenvalue weighted by molar-refractivity contribution is 0.0953. The number of nitrogens with one attached hydrogen (secondary N) is 2. The number of thiazole rings is 1. The fraction of sp³-hybridized carbons (Fsp3) is 0.0500. The van der Waals surface area contributed by atoms with Crippen molar-refractivity contribution in [1.82, 2.24) is 10.3 Å². The van der Waals surface area contributed by atoms with Gasteiger partial charge in [0, 0.05) is 16.3 Å². The van der Waals surface area contributed by atoms with Crippen molar-refractivity contribution in [2.75, 3.05) is 12.4 Å². The lowest BCUT2D eigenvalue weighted by Gasteiger charge is -2.05. The van der Waals surface area contributed by atoms with Gasteiger partial charge in [0.15, 0.2) is 27.6 Å². The molecule has 9 heteroatoms. The second-order valence-electron chi connectivity index (χ2n) is 5.94. The third-order valence-electron chi connectivity index (χ3n) is 4.05. The normalized spacial score (nSPS) is 10.7. The Morgan fingerprint density at radius 2 is 2.07 bits per heavy atom. The minimum atomic E-state index is -0.471.